The van der Waals surface area contributed by atoms with Gasteiger partial charge in [0, 0.05) is 32.6 Å². The van der Waals surface area contributed by atoms with Gasteiger partial charge in [0.05, 0.1) is 10.0 Å². The second kappa shape index (κ2) is 9.27. The van der Waals surface area contributed by atoms with Crippen molar-refractivity contribution in [3.8, 4) is 0 Å². The van der Waals surface area contributed by atoms with E-state index in [1.807, 2.05) is 30.3 Å². The van der Waals surface area contributed by atoms with Crippen LogP contribution >= 0.6 is 23.2 Å². The number of amides is 1. The molecule has 1 fully saturated rings. The number of likely N-dealkylation sites (tertiary alicyclic amines) is 1. The molecule has 0 N–H and O–H groups in total. The third-order valence-electron chi connectivity index (χ3n) is 4.75. The van der Waals surface area contributed by atoms with Crippen molar-refractivity contribution in [3.05, 3.63) is 64.1 Å². The molecular weight excluding hydrogens is 419 g/mol. The van der Waals surface area contributed by atoms with Crippen LogP contribution in [0.25, 0.3) is 0 Å². The van der Waals surface area contributed by atoms with Gasteiger partial charge in [-0.3, -0.25) is 4.79 Å². The second-order valence-corrected chi connectivity index (χ2v) is 9.40. The van der Waals surface area contributed by atoms with Crippen molar-refractivity contribution in [2.75, 3.05) is 19.6 Å². The van der Waals surface area contributed by atoms with Gasteiger partial charge in [0.15, 0.2) is 0 Å². The minimum absolute atomic E-state index is 0.0315. The van der Waals surface area contributed by atoms with Crippen LogP contribution < -0.4 is 0 Å². The van der Waals surface area contributed by atoms with E-state index in [9.17, 15) is 13.2 Å². The van der Waals surface area contributed by atoms with Crippen LogP contribution in [0.3, 0.4) is 0 Å². The first kappa shape index (κ1) is 21.1. The van der Waals surface area contributed by atoms with E-state index in [-0.39, 0.29) is 40.4 Å². The molecule has 0 radical (unpaired) electrons. The molecule has 0 atom stereocenters. The van der Waals surface area contributed by atoms with Crippen molar-refractivity contribution in [3.63, 3.8) is 0 Å². The number of halogens is 2. The van der Waals surface area contributed by atoms with E-state index in [1.54, 1.807) is 11.0 Å². The number of benzene rings is 2. The minimum atomic E-state index is -3.98. The second-order valence-electron chi connectivity index (χ2n) is 6.71. The summed E-state index contributed by atoms with van der Waals surface area (Å²) in [4.78, 5) is 14.1. The Labute approximate surface area is 175 Å². The van der Waals surface area contributed by atoms with Gasteiger partial charge >= 0.3 is 0 Å². The quantitative estimate of drug-likeness (QED) is 0.647. The summed E-state index contributed by atoms with van der Waals surface area (Å²) in [6.45, 7) is 1.67. The van der Waals surface area contributed by atoms with Gasteiger partial charge in [-0.05, 0) is 30.5 Å². The molecule has 1 aliphatic heterocycles. The van der Waals surface area contributed by atoms with Gasteiger partial charge in [0.1, 0.15) is 4.90 Å². The topological polar surface area (TPSA) is 57.7 Å². The van der Waals surface area contributed by atoms with Crippen LogP contribution in [0.5, 0.6) is 0 Å². The Morgan fingerprint density at radius 1 is 0.964 bits per heavy atom. The van der Waals surface area contributed by atoms with Crippen molar-refractivity contribution in [1.29, 1.82) is 0 Å². The fourth-order valence-corrected chi connectivity index (χ4v) is 5.79. The van der Waals surface area contributed by atoms with E-state index in [2.05, 4.69) is 0 Å². The number of rotatable bonds is 7. The summed E-state index contributed by atoms with van der Waals surface area (Å²) in [7, 11) is -3.98. The molecular formula is C20H22Cl2N2O3S. The predicted molar refractivity (Wildman–Crippen MR) is 111 cm³/mol. The summed E-state index contributed by atoms with van der Waals surface area (Å²) in [6, 6.07) is 13.8. The number of sulfonamides is 1. The molecule has 0 unspecified atom stereocenters. The predicted octanol–water partition coefficient (Wildman–Crippen LogP) is 4.20. The molecule has 3 rings (SSSR count). The highest BCUT2D eigenvalue weighted by Crippen LogP contribution is 2.32. The number of carbonyl (C=O) groups is 1. The molecule has 1 heterocycles. The number of hydrogen-bond donors (Lipinski definition) is 0. The molecule has 1 aliphatic rings. The Morgan fingerprint density at radius 3 is 2.18 bits per heavy atom. The van der Waals surface area contributed by atoms with Crippen LogP contribution in [0.15, 0.2) is 53.4 Å². The van der Waals surface area contributed by atoms with Crippen molar-refractivity contribution in [2.24, 2.45) is 0 Å². The highest BCUT2D eigenvalue weighted by molar-refractivity contribution is 7.89. The summed E-state index contributed by atoms with van der Waals surface area (Å²) in [5.74, 6) is -0.0315. The minimum Gasteiger partial charge on any atom is -0.343 e. The zero-order valence-electron chi connectivity index (χ0n) is 15.4. The molecule has 0 bridgehead atoms. The van der Waals surface area contributed by atoms with Gasteiger partial charge < -0.3 is 4.90 Å². The van der Waals surface area contributed by atoms with Crippen LogP contribution in [0, 0.1) is 0 Å². The first-order valence-corrected chi connectivity index (χ1v) is 11.3. The summed E-state index contributed by atoms with van der Waals surface area (Å²) in [5.41, 5.74) is 0.822. The van der Waals surface area contributed by atoms with Crippen molar-refractivity contribution >= 4 is 39.1 Å². The first-order valence-electron chi connectivity index (χ1n) is 9.15. The maximum atomic E-state index is 13.3. The van der Waals surface area contributed by atoms with Crippen LogP contribution in [-0.2, 0) is 21.4 Å². The summed E-state index contributed by atoms with van der Waals surface area (Å²) in [6.07, 6.45) is 2.11. The number of carbonyl (C=O) groups excluding carboxylic acids is 1. The third-order valence-corrected chi connectivity index (χ3v) is 7.55. The Balaban J connectivity index is 1.87. The lowest BCUT2D eigenvalue weighted by Gasteiger charge is -2.24. The highest BCUT2D eigenvalue weighted by atomic mass is 35.5. The lowest BCUT2D eigenvalue weighted by molar-refractivity contribution is -0.130. The molecule has 0 saturated carbocycles. The number of nitrogens with zero attached hydrogens (tertiary/aromatic N) is 2. The van der Waals surface area contributed by atoms with E-state index in [1.165, 1.54) is 16.4 Å². The molecule has 1 saturated heterocycles. The zero-order chi connectivity index (χ0) is 20.1. The molecule has 0 aromatic heterocycles. The molecule has 8 heteroatoms. The molecule has 1 amide bonds. The van der Waals surface area contributed by atoms with Gasteiger partial charge in [-0.2, -0.15) is 4.31 Å². The average Bonchev–Trinajstić information content (AvgIpc) is 3.20. The summed E-state index contributed by atoms with van der Waals surface area (Å²) in [5, 5.41) is 0.132. The van der Waals surface area contributed by atoms with E-state index < -0.39 is 10.0 Å². The Bertz CT molecular complexity index is 909. The first-order chi connectivity index (χ1) is 13.4. The molecule has 2 aromatic carbocycles. The normalized spacial score (nSPS) is 14.6. The zero-order valence-corrected chi connectivity index (χ0v) is 17.7. The van der Waals surface area contributed by atoms with Gasteiger partial charge in [-0.15, -0.1) is 0 Å². The monoisotopic (exact) mass is 440 g/mol. The van der Waals surface area contributed by atoms with Gasteiger partial charge in [0.2, 0.25) is 15.9 Å². The van der Waals surface area contributed by atoms with Crippen LogP contribution in [0.1, 0.15) is 24.8 Å². The van der Waals surface area contributed by atoms with Crippen LogP contribution in [-0.4, -0.2) is 43.2 Å². The lowest BCUT2D eigenvalue weighted by atomic mass is 10.2. The van der Waals surface area contributed by atoms with E-state index in [0.717, 1.165) is 31.5 Å². The highest BCUT2D eigenvalue weighted by Gasteiger charge is 2.30. The SMILES string of the molecule is O=C(CCN(Cc1ccccc1)S(=O)(=O)c1c(Cl)cccc1Cl)N1CCCC1. The Morgan fingerprint density at radius 2 is 1.57 bits per heavy atom. The van der Waals surface area contributed by atoms with Gasteiger partial charge in [0.25, 0.3) is 0 Å². The largest absolute Gasteiger partial charge is 0.343 e. The molecule has 5 nitrogen and oxygen atoms in total. The van der Waals surface area contributed by atoms with E-state index in [0.29, 0.717) is 0 Å². The molecule has 0 aliphatic carbocycles. The van der Waals surface area contributed by atoms with Gasteiger partial charge in [-0.25, -0.2) is 8.42 Å². The maximum absolute atomic E-state index is 13.3. The maximum Gasteiger partial charge on any atom is 0.246 e. The third kappa shape index (κ3) is 4.87. The van der Waals surface area contributed by atoms with E-state index >= 15 is 0 Å². The Kier molecular flexibility index (Phi) is 6.99. The Hall–Kier alpha value is -1.60. The fraction of sp³-hybridized carbons (Fsp3) is 0.350. The lowest BCUT2D eigenvalue weighted by Crippen LogP contribution is -2.36. The van der Waals surface area contributed by atoms with Crippen LogP contribution in [0.2, 0.25) is 10.0 Å². The fourth-order valence-electron chi connectivity index (χ4n) is 3.27. The molecule has 2 aromatic rings. The summed E-state index contributed by atoms with van der Waals surface area (Å²) >= 11 is 12.3. The molecule has 150 valence electrons. The smallest absolute Gasteiger partial charge is 0.246 e. The van der Waals surface area contributed by atoms with Gasteiger partial charge in [-0.1, -0.05) is 59.6 Å². The van der Waals surface area contributed by atoms with Crippen LogP contribution in [0.4, 0.5) is 0 Å². The van der Waals surface area contributed by atoms with Crippen molar-refractivity contribution in [2.45, 2.75) is 30.7 Å². The summed E-state index contributed by atoms with van der Waals surface area (Å²) < 4.78 is 28.0. The van der Waals surface area contributed by atoms with Crippen molar-refractivity contribution < 1.29 is 13.2 Å². The molecule has 28 heavy (non-hydrogen) atoms. The number of hydrogen-bond acceptors (Lipinski definition) is 3. The van der Waals surface area contributed by atoms with Crippen molar-refractivity contribution in [1.82, 2.24) is 9.21 Å². The molecule has 0 spiro atoms. The average molecular weight is 441 g/mol. The standard InChI is InChI=1S/C20H22Cl2N2O3S/c21-17-9-6-10-18(22)20(17)28(26,27)24(15-16-7-2-1-3-8-16)14-11-19(25)23-12-4-5-13-23/h1-3,6-10H,4-5,11-15H2. The van der Waals surface area contributed by atoms with E-state index in [4.69, 9.17) is 23.2 Å².